The second-order valence-electron chi connectivity index (χ2n) is 9.98. The first-order chi connectivity index (χ1) is 17.5. The molecule has 6 nitrogen and oxygen atoms in total. The zero-order valence-corrected chi connectivity index (χ0v) is 23.9. The molecule has 2 atom stereocenters. The Bertz CT molecular complexity index is 1020. The fraction of sp³-hybridized carbons (Fsp3) is 0.607. The van der Waals surface area contributed by atoms with Crippen LogP contribution in [0.3, 0.4) is 0 Å². The zero-order valence-electron chi connectivity index (χ0n) is 23.1. The van der Waals surface area contributed by atoms with Crippen LogP contribution in [0.2, 0.25) is 0 Å². The van der Waals surface area contributed by atoms with Crippen LogP contribution in [0.15, 0.2) is 18.2 Å². The molecule has 1 fully saturated rings. The third-order valence-corrected chi connectivity index (χ3v) is 7.52. The molecule has 2 heterocycles. The lowest BCUT2D eigenvalue weighted by atomic mass is 9.72. The van der Waals surface area contributed by atoms with Crippen molar-refractivity contribution in [2.24, 2.45) is 17.3 Å². The summed E-state index contributed by atoms with van der Waals surface area (Å²) in [7, 11) is 0. The molecule has 0 amide bonds. The van der Waals surface area contributed by atoms with Crippen molar-refractivity contribution in [1.29, 1.82) is 5.26 Å². The number of likely N-dealkylation sites (tertiary alicyclic amines) is 1. The normalized spacial score (nSPS) is 17.6. The highest BCUT2D eigenvalue weighted by Gasteiger charge is 2.34. The summed E-state index contributed by atoms with van der Waals surface area (Å²) in [5.74, 6) is 1.39. The highest BCUT2D eigenvalue weighted by atomic mass is 32.1. The number of piperidine rings is 1. The summed E-state index contributed by atoms with van der Waals surface area (Å²) in [6.07, 6.45) is 3.71. The number of nitriles is 1. The Morgan fingerprint density at radius 1 is 1.32 bits per heavy atom. The van der Waals surface area contributed by atoms with Gasteiger partial charge in [-0.05, 0) is 55.2 Å². The van der Waals surface area contributed by atoms with Gasteiger partial charge in [-0.3, -0.25) is 9.69 Å². The first-order valence-corrected chi connectivity index (χ1v) is 13.6. The van der Waals surface area contributed by atoms with Crippen LogP contribution in [0.4, 0.5) is 8.78 Å². The number of hydrogen-bond donors (Lipinski definition) is 1. The van der Waals surface area contributed by atoms with Gasteiger partial charge >= 0.3 is 6.61 Å². The molecule has 0 saturated carbocycles. The van der Waals surface area contributed by atoms with Crippen molar-refractivity contribution in [2.45, 2.75) is 80.9 Å². The minimum absolute atomic E-state index is 0.0491. The number of halogens is 2. The van der Waals surface area contributed by atoms with Gasteiger partial charge < -0.3 is 9.84 Å². The molecule has 1 aromatic carbocycles. The van der Waals surface area contributed by atoms with Crippen molar-refractivity contribution in [3.63, 3.8) is 0 Å². The molecule has 1 saturated heterocycles. The van der Waals surface area contributed by atoms with Crippen molar-refractivity contribution in [3.05, 3.63) is 34.3 Å². The molecule has 0 spiro atoms. The van der Waals surface area contributed by atoms with E-state index in [1.165, 1.54) is 42.7 Å². The summed E-state index contributed by atoms with van der Waals surface area (Å²) >= 11 is 1.50. The Kier molecular flexibility index (Phi) is 13.7. The molecule has 3 rings (SSSR count). The lowest BCUT2D eigenvalue weighted by molar-refractivity contribution is -0.122. The number of aryl methyl sites for hydroxylation is 1. The first kappa shape index (κ1) is 32.5. The molecule has 9 heteroatoms. The summed E-state index contributed by atoms with van der Waals surface area (Å²) in [6.45, 7) is 15.0. The standard InChI is InChI=1S/C25H33F2N3OS.C2H6.CH2O2/c1-6-7-18-10-19(25(3,4)5)14-30(13-18)15-22-16(2)29-23(32-22)20-11-17(12-28)8-9-21(20)31-24(26)27;1-2;2-1-3/h8-9,11,18-19,24H,6-7,10,13-15H2,1-5H3;1-2H3;1H,(H,2,3). The number of thiazole rings is 1. The van der Waals surface area contributed by atoms with Gasteiger partial charge in [-0.25, -0.2) is 4.98 Å². The summed E-state index contributed by atoms with van der Waals surface area (Å²) in [4.78, 5) is 16.7. The van der Waals surface area contributed by atoms with Crippen LogP contribution >= 0.6 is 11.3 Å². The maximum Gasteiger partial charge on any atom is 0.387 e. The summed E-state index contributed by atoms with van der Waals surface area (Å²) in [5.41, 5.74) is 2.00. The minimum Gasteiger partial charge on any atom is -0.483 e. The quantitative estimate of drug-likeness (QED) is 0.366. The SMILES string of the molecule is CC.CCCC1CC(C(C)(C)C)CN(Cc2sc(-c3cc(C#N)ccc3OC(F)F)nc2C)C1.O=CO. The highest BCUT2D eigenvalue weighted by Crippen LogP contribution is 2.40. The highest BCUT2D eigenvalue weighted by molar-refractivity contribution is 7.15. The van der Waals surface area contributed by atoms with Crippen LogP contribution in [0.1, 0.15) is 76.9 Å². The van der Waals surface area contributed by atoms with Crippen molar-refractivity contribution >= 4 is 17.8 Å². The zero-order chi connectivity index (χ0) is 28.2. The van der Waals surface area contributed by atoms with E-state index in [0.717, 1.165) is 30.2 Å². The van der Waals surface area contributed by atoms with E-state index in [4.69, 9.17) is 14.6 Å². The Labute approximate surface area is 224 Å². The molecular weight excluding hydrogens is 496 g/mol. The number of rotatable bonds is 7. The first-order valence-electron chi connectivity index (χ1n) is 12.8. The molecule has 0 radical (unpaired) electrons. The van der Waals surface area contributed by atoms with Gasteiger partial charge in [-0.2, -0.15) is 14.0 Å². The largest absolute Gasteiger partial charge is 0.483 e. The maximum atomic E-state index is 12.9. The third kappa shape index (κ3) is 10.0. The van der Waals surface area contributed by atoms with Gasteiger partial charge in [0.15, 0.2) is 0 Å². The number of carboxylic acid groups (broad SMARTS) is 1. The van der Waals surface area contributed by atoms with E-state index in [2.05, 4.69) is 43.6 Å². The average Bonchev–Trinajstić information content (AvgIpc) is 3.20. The van der Waals surface area contributed by atoms with Crippen LogP contribution in [-0.2, 0) is 11.3 Å². The Morgan fingerprint density at radius 3 is 2.51 bits per heavy atom. The van der Waals surface area contributed by atoms with Gasteiger partial charge in [0, 0.05) is 24.5 Å². The van der Waals surface area contributed by atoms with E-state index >= 15 is 0 Å². The molecule has 0 bridgehead atoms. The number of aromatic nitrogens is 1. The van der Waals surface area contributed by atoms with E-state index in [0.29, 0.717) is 28.0 Å². The number of carbonyl (C=O) groups is 1. The molecule has 1 N–H and O–H groups in total. The van der Waals surface area contributed by atoms with Crippen molar-refractivity contribution < 1.29 is 23.4 Å². The molecule has 1 aliphatic heterocycles. The molecule has 2 aromatic rings. The van der Waals surface area contributed by atoms with E-state index in [1.807, 2.05) is 20.8 Å². The predicted molar refractivity (Wildman–Crippen MR) is 145 cm³/mol. The summed E-state index contributed by atoms with van der Waals surface area (Å²) in [5, 5.41) is 16.8. The number of hydrogen-bond acceptors (Lipinski definition) is 6. The van der Waals surface area contributed by atoms with E-state index < -0.39 is 6.61 Å². The van der Waals surface area contributed by atoms with Gasteiger partial charge in [0.25, 0.3) is 6.47 Å². The minimum atomic E-state index is -2.93. The second-order valence-corrected chi connectivity index (χ2v) is 11.1. The topological polar surface area (TPSA) is 86.5 Å². The molecule has 1 aromatic heterocycles. The van der Waals surface area contributed by atoms with Gasteiger partial charge in [-0.15, -0.1) is 11.3 Å². The van der Waals surface area contributed by atoms with E-state index in [-0.39, 0.29) is 17.6 Å². The van der Waals surface area contributed by atoms with E-state index in [9.17, 15) is 14.0 Å². The number of benzene rings is 1. The monoisotopic (exact) mass is 537 g/mol. The number of nitrogens with zero attached hydrogens (tertiary/aromatic N) is 3. The molecule has 1 aliphatic rings. The van der Waals surface area contributed by atoms with Gasteiger partial charge in [0.05, 0.1) is 22.9 Å². The summed E-state index contributed by atoms with van der Waals surface area (Å²) in [6, 6.07) is 6.55. The van der Waals surface area contributed by atoms with Crippen LogP contribution in [0, 0.1) is 35.5 Å². The molecule has 37 heavy (non-hydrogen) atoms. The third-order valence-electron chi connectivity index (χ3n) is 6.35. The van der Waals surface area contributed by atoms with Crippen LogP contribution in [0.25, 0.3) is 10.6 Å². The number of ether oxygens (including phenoxy) is 1. The molecular formula is C28H41F2N3O3S. The fourth-order valence-electron chi connectivity index (χ4n) is 4.54. The van der Waals surface area contributed by atoms with Crippen molar-refractivity contribution in [1.82, 2.24) is 9.88 Å². The average molecular weight is 538 g/mol. The lowest BCUT2D eigenvalue weighted by Crippen LogP contribution is -2.44. The van der Waals surface area contributed by atoms with Gasteiger partial charge in [-0.1, -0.05) is 48.0 Å². The van der Waals surface area contributed by atoms with Crippen LogP contribution in [0.5, 0.6) is 5.75 Å². The van der Waals surface area contributed by atoms with E-state index in [1.54, 1.807) is 6.07 Å². The molecule has 0 aliphatic carbocycles. The maximum absolute atomic E-state index is 12.9. The van der Waals surface area contributed by atoms with Gasteiger partial charge in [0.1, 0.15) is 10.8 Å². The number of alkyl halides is 2. The predicted octanol–water partition coefficient (Wildman–Crippen LogP) is 7.60. The Morgan fingerprint density at radius 2 is 1.97 bits per heavy atom. The van der Waals surface area contributed by atoms with Gasteiger partial charge in [0.2, 0.25) is 0 Å². The van der Waals surface area contributed by atoms with Crippen molar-refractivity contribution in [2.75, 3.05) is 13.1 Å². The Hall–Kier alpha value is -2.57. The molecule has 206 valence electrons. The molecule has 2 unspecified atom stereocenters. The van der Waals surface area contributed by atoms with Crippen LogP contribution in [-0.4, -0.2) is 41.2 Å². The second kappa shape index (κ2) is 15.6. The van der Waals surface area contributed by atoms with Crippen LogP contribution < -0.4 is 4.74 Å². The summed E-state index contributed by atoms with van der Waals surface area (Å²) < 4.78 is 30.5. The Balaban J connectivity index is 0.00000127. The lowest BCUT2D eigenvalue weighted by Gasteiger charge is -2.43. The smallest absolute Gasteiger partial charge is 0.387 e. The van der Waals surface area contributed by atoms with Crippen molar-refractivity contribution in [3.8, 4) is 22.4 Å². The fourth-order valence-corrected chi connectivity index (χ4v) is 5.66.